The van der Waals surface area contributed by atoms with Crippen LogP contribution < -0.4 is 0 Å². The van der Waals surface area contributed by atoms with E-state index in [1.807, 2.05) is 26.8 Å². The van der Waals surface area contributed by atoms with Crippen molar-refractivity contribution in [3.63, 3.8) is 0 Å². The fourth-order valence-electron chi connectivity index (χ4n) is 1.60. The molecule has 0 bridgehead atoms. The molecule has 1 aromatic rings. The number of rotatable bonds is 5. The first kappa shape index (κ1) is 13.8. The molecule has 0 amide bonds. The van der Waals surface area contributed by atoms with Gasteiger partial charge in [-0.05, 0) is 24.8 Å². The molecule has 0 aliphatic heterocycles. The second-order valence-corrected chi connectivity index (χ2v) is 5.41. The summed E-state index contributed by atoms with van der Waals surface area (Å²) < 4.78 is 1.06. The van der Waals surface area contributed by atoms with Crippen molar-refractivity contribution < 1.29 is 4.74 Å². The fourth-order valence-corrected chi connectivity index (χ4v) is 1.60. The summed E-state index contributed by atoms with van der Waals surface area (Å²) in [6.45, 7) is 5.79. The molecular formula is C15H23NO. The molecule has 0 unspecified atom stereocenters. The van der Waals surface area contributed by atoms with Gasteiger partial charge in [-0.1, -0.05) is 30.3 Å². The molecule has 2 heteroatoms. The van der Waals surface area contributed by atoms with E-state index in [0.29, 0.717) is 0 Å². The van der Waals surface area contributed by atoms with Crippen LogP contribution in [0.1, 0.15) is 45.6 Å². The van der Waals surface area contributed by atoms with E-state index in [1.54, 1.807) is 6.21 Å². The van der Waals surface area contributed by atoms with Gasteiger partial charge in [0, 0.05) is 27.2 Å². The minimum absolute atomic E-state index is 0.306. The van der Waals surface area contributed by atoms with Crippen molar-refractivity contribution in [2.45, 2.75) is 52.0 Å². The van der Waals surface area contributed by atoms with Gasteiger partial charge in [0.2, 0.25) is 0 Å². The molecule has 0 spiro atoms. The van der Waals surface area contributed by atoms with Crippen LogP contribution in [0.3, 0.4) is 0 Å². The van der Waals surface area contributed by atoms with E-state index in [2.05, 4.69) is 24.3 Å². The quantitative estimate of drug-likeness (QED) is 0.250. The van der Waals surface area contributed by atoms with E-state index in [1.165, 1.54) is 5.56 Å². The third-order valence-corrected chi connectivity index (χ3v) is 2.72. The largest absolute Gasteiger partial charge is 0.624 e. The van der Waals surface area contributed by atoms with Gasteiger partial charge in [-0.15, -0.1) is 0 Å². The molecule has 0 fully saturated rings. The number of hydrogen-bond donors (Lipinski definition) is 0. The predicted molar refractivity (Wildman–Crippen MR) is 73.4 cm³/mol. The minimum Gasteiger partial charge on any atom is -0.624 e. The maximum absolute atomic E-state index is 11.6. The van der Waals surface area contributed by atoms with Gasteiger partial charge in [0.1, 0.15) is 0 Å². The van der Waals surface area contributed by atoms with E-state index < -0.39 is 0 Å². The third kappa shape index (κ3) is 5.53. The van der Waals surface area contributed by atoms with E-state index in [9.17, 15) is 5.21 Å². The smallest absolute Gasteiger partial charge is 0.164 e. The molecule has 0 radical (unpaired) electrons. The van der Waals surface area contributed by atoms with Crippen LogP contribution in [0.4, 0.5) is 0 Å². The molecule has 1 rings (SSSR count). The second-order valence-electron chi connectivity index (χ2n) is 5.41. The Hall–Kier alpha value is -1.31. The van der Waals surface area contributed by atoms with Crippen LogP contribution in [0.25, 0.3) is 0 Å². The Bertz CT molecular complexity index is 349. The monoisotopic (exact) mass is 233 g/mol. The minimum atomic E-state index is -0.306. The first-order valence-corrected chi connectivity index (χ1v) is 6.34. The van der Waals surface area contributed by atoms with Gasteiger partial charge in [0.15, 0.2) is 11.8 Å². The summed E-state index contributed by atoms with van der Waals surface area (Å²) >= 11 is 0. The van der Waals surface area contributed by atoms with Crippen molar-refractivity contribution in [1.29, 1.82) is 0 Å². The Morgan fingerprint density at radius 1 is 1.12 bits per heavy atom. The highest BCUT2D eigenvalue weighted by Gasteiger charge is 2.17. The van der Waals surface area contributed by atoms with Crippen LogP contribution in [0.15, 0.2) is 30.3 Å². The number of hydrogen-bond acceptors (Lipinski definition) is 1. The summed E-state index contributed by atoms with van der Waals surface area (Å²) in [7, 11) is 0. The van der Waals surface area contributed by atoms with Gasteiger partial charge in [0.25, 0.3) is 0 Å². The number of nitrogens with zero attached hydrogens (tertiary/aromatic N) is 1. The van der Waals surface area contributed by atoms with Crippen molar-refractivity contribution in [1.82, 2.24) is 0 Å². The average molecular weight is 233 g/mol. The van der Waals surface area contributed by atoms with E-state index in [-0.39, 0.29) is 5.54 Å². The van der Waals surface area contributed by atoms with Crippen LogP contribution in [-0.4, -0.2) is 16.5 Å². The lowest BCUT2D eigenvalue weighted by atomic mass is 10.1. The molecule has 0 aromatic heterocycles. The molecule has 0 aliphatic rings. The Labute approximate surface area is 105 Å². The summed E-state index contributed by atoms with van der Waals surface area (Å²) in [4.78, 5) is 0. The highest BCUT2D eigenvalue weighted by molar-refractivity contribution is 5.51. The lowest BCUT2D eigenvalue weighted by Crippen LogP contribution is -2.29. The lowest BCUT2D eigenvalue weighted by Gasteiger charge is -2.18. The zero-order valence-corrected chi connectivity index (χ0v) is 11.1. The van der Waals surface area contributed by atoms with Crippen LogP contribution in [0.2, 0.25) is 0 Å². The molecule has 0 N–H and O–H groups in total. The highest BCUT2D eigenvalue weighted by atomic mass is 16.5. The first-order valence-electron chi connectivity index (χ1n) is 6.34. The van der Waals surface area contributed by atoms with Gasteiger partial charge in [-0.2, -0.15) is 0 Å². The topological polar surface area (TPSA) is 26.1 Å². The Kier molecular flexibility index (Phi) is 5.20. The second kappa shape index (κ2) is 6.43. The van der Waals surface area contributed by atoms with Crippen molar-refractivity contribution in [2.75, 3.05) is 0 Å². The van der Waals surface area contributed by atoms with Crippen LogP contribution >= 0.6 is 0 Å². The molecule has 0 atom stereocenters. The highest BCUT2D eigenvalue weighted by Crippen LogP contribution is 2.07. The first-order chi connectivity index (χ1) is 8.00. The maximum Gasteiger partial charge on any atom is 0.164 e. The summed E-state index contributed by atoms with van der Waals surface area (Å²) in [5.41, 5.74) is 1.07. The molecule has 0 saturated carbocycles. The predicted octanol–water partition coefficient (Wildman–Crippen LogP) is 3.78. The number of benzene rings is 1. The van der Waals surface area contributed by atoms with Gasteiger partial charge in [-0.3, -0.25) is 0 Å². The molecule has 94 valence electrons. The average Bonchev–Trinajstić information content (AvgIpc) is 2.28. The lowest BCUT2D eigenvalue weighted by molar-refractivity contribution is -0.532. The molecule has 0 aliphatic carbocycles. The van der Waals surface area contributed by atoms with Gasteiger partial charge < -0.3 is 5.21 Å². The third-order valence-electron chi connectivity index (χ3n) is 2.72. The standard InChI is InChI=1S/C15H23NO/c1-15(2,3)16(17)13-9-5-8-12-14-10-6-4-7-11-14/h4,6-7,10-11,13H,5,8-9,12H2,1-3H3. The maximum atomic E-state index is 11.6. The summed E-state index contributed by atoms with van der Waals surface area (Å²) in [5.74, 6) is 0. The zero-order chi connectivity index (χ0) is 12.7. The van der Waals surface area contributed by atoms with E-state index in [0.717, 1.165) is 30.4 Å². The number of unbranched alkanes of at least 4 members (excludes halogenated alkanes) is 2. The number of aryl methyl sites for hydroxylation is 1. The van der Waals surface area contributed by atoms with E-state index in [4.69, 9.17) is 0 Å². The van der Waals surface area contributed by atoms with Crippen LogP contribution in [0.5, 0.6) is 0 Å². The van der Waals surface area contributed by atoms with E-state index >= 15 is 0 Å². The van der Waals surface area contributed by atoms with Gasteiger partial charge in [0.05, 0.1) is 0 Å². The Morgan fingerprint density at radius 3 is 2.35 bits per heavy atom. The van der Waals surface area contributed by atoms with Gasteiger partial charge in [-0.25, -0.2) is 4.74 Å². The molecule has 17 heavy (non-hydrogen) atoms. The Balaban J connectivity index is 2.22. The van der Waals surface area contributed by atoms with Crippen molar-refractivity contribution in [3.8, 4) is 0 Å². The molecule has 1 aromatic carbocycles. The SMILES string of the molecule is CC(C)(C)[N+]([O-])=CCCCCc1ccccc1. The van der Waals surface area contributed by atoms with Gasteiger partial charge >= 0.3 is 0 Å². The summed E-state index contributed by atoms with van der Waals surface area (Å²) in [5, 5.41) is 11.6. The van der Waals surface area contributed by atoms with Crippen LogP contribution in [-0.2, 0) is 6.42 Å². The van der Waals surface area contributed by atoms with Crippen molar-refractivity contribution >= 4 is 6.21 Å². The van der Waals surface area contributed by atoms with Crippen LogP contribution in [0, 0.1) is 5.21 Å². The molecule has 2 nitrogen and oxygen atoms in total. The zero-order valence-electron chi connectivity index (χ0n) is 11.1. The summed E-state index contributed by atoms with van der Waals surface area (Å²) in [6, 6.07) is 10.5. The molecule has 0 saturated heterocycles. The molecule has 0 heterocycles. The Morgan fingerprint density at radius 2 is 1.76 bits per heavy atom. The number of hydroxylamine groups is 1. The summed E-state index contributed by atoms with van der Waals surface area (Å²) in [6.07, 6.45) is 5.95. The van der Waals surface area contributed by atoms with Crippen molar-refractivity contribution in [2.24, 2.45) is 0 Å². The molecular weight excluding hydrogens is 210 g/mol. The normalized spacial score (nSPS) is 12.8. The fraction of sp³-hybridized carbons (Fsp3) is 0.533. The van der Waals surface area contributed by atoms with Crippen molar-refractivity contribution in [3.05, 3.63) is 41.1 Å².